The lowest BCUT2D eigenvalue weighted by atomic mass is 10.1. The minimum absolute atomic E-state index is 0.0385. The second-order valence-electron chi connectivity index (χ2n) is 6.30. The first kappa shape index (κ1) is 19.3. The largest absolute Gasteiger partial charge is 0.423 e. The molecule has 1 heterocycles. The maximum absolute atomic E-state index is 12.7. The number of rotatable bonds is 4. The molecule has 0 saturated carbocycles. The highest BCUT2D eigenvalue weighted by molar-refractivity contribution is 6.34. The molecule has 9 heteroatoms. The minimum atomic E-state index is -0.667. The van der Waals surface area contributed by atoms with Crippen molar-refractivity contribution >= 4 is 40.8 Å². The summed E-state index contributed by atoms with van der Waals surface area (Å²) in [4.78, 5) is 48.7. The van der Waals surface area contributed by atoms with Gasteiger partial charge in [-0.1, -0.05) is 23.7 Å². The van der Waals surface area contributed by atoms with Crippen LogP contribution in [0.4, 0.5) is 11.4 Å². The second kappa shape index (κ2) is 7.41. The maximum atomic E-state index is 12.7. The van der Waals surface area contributed by atoms with Gasteiger partial charge in [-0.15, -0.1) is 0 Å². The Balaban J connectivity index is 1.56. The molecule has 0 radical (unpaired) electrons. The molecular formula is C21H11ClN2O6. The number of carbonyl (C=O) groups is 3. The van der Waals surface area contributed by atoms with Crippen LogP contribution in [0.15, 0.2) is 66.7 Å². The third-order valence-electron chi connectivity index (χ3n) is 4.48. The van der Waals surface area contributed by atoms with Crippen LogP contribution in [-0.2, 0) is 0 Å². The molecular weight excluding hydrogens is 412 g/mol. The van der Waals surface area contributed by atoms with Crippen LogP contribution in [-0.4, -0.2) is 22.7 Å². The fourth-order valence-electron chi connectivity index (χ4n) is 3.03. The topological polar surface area (TPSA) is 107 Å². The van der Waals surface area contributed by atoms with E-state index in [2.05, 4.69) is 0 Å². The van der Waals surface area contributed by atoms with E-state index in [1.165, 1.54) is 42.5 Å². The number of fused-ring (bicyclic) bond motifs is 1. The van der Waals surface area contributed by atoms with Crippen molar-refractivity contribution in [3.8, 4) is 5.75 Å². The highest BCUT2D eigenvalue weighted by Gasteiger charge is 2.37. The van der Waals surface area contributed by atoms with E-state index >= 15 is 0 Å². The molecule has 2 amide bonds. The second-order valence-corrected chi connectivity index (χ2v) is 6.70. The van der Waals surface area contributed by atoms with Crippen molar-refractivity contribution < 1.29 is 24.0 Å². The Morgan fingerprint density at radius 3 is 2.27 bits per heavy atom. The number of hydrogen-bond acceptors (Lipinski definition) is 6. The van der Waals surface area contributed by atoms with Crippen LogP contribution >= 0.6 is 11.6 Å². The molecule has 1 aliphatic rings. The number of nitrogens with zero attached hydrogens (tertiary/aromatic N) is 2. The van der Waals surface area contributed by atoms with Gasteiger partial charge in [0.2, 0.25) is 0 Å². The van der Waals surface area contributed by atoms with Gasteiger partial charge < -0.3 is 4.74 Å². The molecule has 3 aromatic rings. The molecule has 0 aliphatic carbocycles. The van der Waals surface area contributed by atoms with Crippen molar-refractivity contribution in [1.29, 1.82) is 0 Å². The van der Waals surface area contributed by atoms with E-state index in [9.17, 15) is 24.5 Å². The van der Waals surface area contributed by atoms with Crippen LogP contribution in [0.3, 0.4) is 0 Å². The first-order valence-corrected chi connectivity index (χ1v) is 8.98. The van der Waals surface area contributed by atoms with Crippen LogP contribution in [0, 0.1) is 10.1 Å². The fourth-order valence-corrected chi connectivity index (χ4v) is 3.24. The number of nitro benzene ring substituents is 1. The molecule has 30 heavy (non-hydrogen) atoms. The summed E-state index contributed by atoms with van der Waals surface area (Å²) >= 11 is 5.98. The maximum Gasteiger partial charge on any atom is 0.345 e. The van der Waals surface area contributed by atoms with Gasteiger partial charge in [-0.05, 0) is 42.5 Å². The molecule has 1 aliphatic heterocycles. The minimum Gasteiger partial charge on any atom is -0.423 e. The molecule has 0 fully saturated rings. The first-order chi connectivity index (χ1) is 14.4. The van der Waals surface area contributed by atoms with Crippen molar-refractivity contribution in [2.75, 3.05) is 4.90 Å². The smallest absolute Gasteiger partial charge is 0.345 e. The average molecular weight is 423 g/mol. The van der Waals surface area contributed by atoms with E-state index in [0.717, 1.165) is 11.0 Å². The number of halogens is 1. The summed E-state index contributed by atoms with van der Waals surface area (Å²) in [6.07, 6.45) is 0. The lowest BCUT2D eigenvalue weighted by Gasteiger charge is -2.14. The van der Waals surface area contributed by atoms with Crippen molar-refractivity contribution in [2.45, 2.75) is 0 Å². The van der Waals surface area contributed by atoms with Gasteiger partial charge in [0.05, 0.1) is 32.3 Å². The first-order valence-electron chi connectivity index (χ1n) is 8.61. The van der Waals surface area contributed by atoms with Crippen molar-refractivity contribution in [3.63, 3.8) is 0 Å². The number of anilines is 1. The van der Waals surface area contributed by atoms with Gasteiger partial charge in [-0.25, -0.2) is 9.69 Å². The Morgan fingerprint density at radius 2 is 1.60 bits per heavy atom. The van der Waals surface area contributed by atoms with Crippen LogP contribution in [0.5, 0.6) is 5.75 Å². The van der Waals surface area contributed by atoms with Crippen molar-refractivity contribution in [2.24, 2.45) is 0 Å². The summed E-state index contributed by atoms with van der Waals surface area (Å²) in [5.41, 5.74) is 0.202. The van der Waals surface area contributed by atoms with Gasteiger partial charge >= 0.3 is 5.97 Å². The van der Waals surface area contributed by atoms with Crippen LogP contribution in [0.1, 0.15) is 31.1 Å². The molecule has 3 aromatic carbocycles. The van der Waals surface area contributed by atoms with E-state index in [0.29, 0.717) is 0 Å². The Labute approximate surface area is 174 Å². The van der Waals surface area contributed by atoms with Crippen molar-refractivity contribution in [3.05, 3.63) is 98.6 Å². The predicted molar refractivity (Wildman–Crippen MR) is 107 cm³/mol. The number of non-ortho nitro benzene ring substituents is 1. The van der Waals surface area contributed by atoms with E-state index in [1.54, 1.807) is 18.2 Å². The number of benzene rings is 3. The lowest BCUT2D eigenvalue weighted by molar-refractivity contribution is -0.384. The number of imide groups is 1. The number of carbonyl (C=O) groups excluding carboxylic acids is 3. The monoisotopic (exact) mass is 422 g/mol. The number of ether oxygens (including phenoxy) is 1. The molecule has 0 unspecified atom stereocenters. The SMILES string of the molecule is O=C(Oc1ccc(N2C(=O)c3ccc([N+](=O)[O-])cc3C2=O)cc1)c1ccccc1Cl. The van der Waals surface area contributed by atoms with E-state index in [-0.39, 0.29) is 38.8 Å². The molecule has 0 N–H and O–H groups in total. The quantitative estimate of drug-likeness (QED) is 0.204. The molecule has 0 saturated heterocycles. The van der Waals surface area contributed by atoms with E-state index in [4.69, 9.17) is 16.3 Å². The predicted octanol–water partition coefficient (Wildman–Crippen LogP) is 4.27. The molecule has 0 spiro atoms. The highest BCUT2D eigenvalue weighted by Crippen LogP contribution is 2.31. The number of esters is 1. The normalized spacial score (nSPS) is 12.6. The summed E-state index contributed by atoms with van der Waals surface area (Å²) in [7, 11) is 0. The van der Waals surface area contributed by atoms with Gasteiger partial charge in [-0.3, -0.25) is 19.7 Å². The van der Waals surface area contributed by atoms with E-state index < -0.39 is 22.7 Å². The average Bonchev–Trinajstić information content (AvgIpc) is 2.99. The number of amides is 2. The van der Waals surface area contributed by atoms with Crippen LogP contribution < -0.4 is 9.64 Å². The Kier molecular flexibility index (Phi) is 4.77. The summed E-state index contributed by atoms with van der Waals surface area (Å²) in [5.74, 6) is -1.72. The summed E-state index contributed by atoms with van der Waals surface area (Å²) in [6.45, 7) is 0. The van der Waals surface area contributed by atoms with Gasteiger partial charge in [-0.2, -0.15) is 0 Å². The van der Waals surface area contributed by atoms with E-state index in [1.807, 2.05) is 0 Å². The zero-order valence-electron chi connectivity index (χ0n) is 15.1. The molecule has 148 valence electrons. The Bertz CT molecular complexity index is 1220. The molecule has 0 atom stereocenters. The zero-order chi connectivity index (χ0) is 21.4. The fraction of sp³-hybridized carbons (Fsp3) is 0. The van der Waals surface area contributed by atoms with Crippen LogP contribution in [0.2, 0.25) is 5.02 Å². The van der Waals surface area contributed by atoms with Crippen LogP contribution in [0.25, 0.3) is 0 Å². The summed E-state index contributed by atoms with van der Waals surface area (Å²) < 4.78 is 5.27. The Hall–Kier alpha value is -4.04. The molecule has 0 bridgehead atoms. The van der Waals surface area contributed by atoms with Gasteiger partial charge in [0.15, 0.2) is 0 Å². The number of hydrogen-bond donors (Lipinski definition) is 0. The highest BCUT2D eigenvalue weighted by atomic mass is 35.5. The zero-order valence-corrected chi connectivity index (χ0v) is 15.8. The third kappa shape index (κ3) is 3.29. The number of nitro groups is 1. The molecule has 8 nitrogen and oxygen atoms in total. The lowest BCUT2D eigenvalue weighted by Crippen LogP contribution is -2.29. The van der Waals surface area contributed by atoms with Crippen molar-refractivity contribution in [1.82, 2.24) is 0 Å². The van der Waals surface area contributed by atoms with Gasteiger partial charge in [0.1, 0.15) is 5.75 Å². The third-order valence-corrected chi connectivity index (χ3v) is 4.81. The summed E-state index contributed by atoms with van der Waals surface area (Å²) in [6, 6.07) is 15.7. The molecule has 4 rings (SSSR count). The van der Waals surface area contributed by atoms with Gasteiger partial charge in [0.25, 0.3) is 17.5 Å². The standard InChI is InChI=1S/C21H11ClN2O6/c22-18-4-2-1-3-16(18)21(27)30-14-8-5-12(6-9-14)23-19(25)15-10-7-13(24(28)29)11-17(15)20(23)26/h1-11H. The Morgan fingerprint density at radius 1 is 0.933 bits per heavy atom. The molecule has 0 aromatic heterocycles. The van der Waals surface area contributed by atoms with Gasteiger partial charge in [0, 0.05) is 12.1 Å². The summed E-state index contributed by atoms with van der Waals surface area (Å²) in [5, 5.41) is 11.2.